The second kappa shape index (κ2) is 11.8. The maximum Gasteiger partial charge on any atom is 0.277 e. The quantitative estimate of drug-likeness (QED) is 0.656. The van der Waals surface area contributed by atoms with Gasteiger partial charge in [0.05, 0.1) is 11.1 Å². The summed E-state index contributed by atoms with van der Waals surface area (Å²) >= 11 is 0. The predicted octanol–water partition coefficient (Wildman–Crippen LogP) is 5.02. The Morgan fingerprint density at radius 2 is 1.58 bits per heavy atom. The third kappa shape index (κ3) is 5.19. The van der Waals surface area contributed by atoms with Crippen molar-refractivity contribution in [3.05, 3.63) is 52.9 Å². The van der Waals surface area contributed by atoms with Crippen LogP contribution in [0.15, 0.2) is 47.4 Å². The molecule has 0 unspecified atom stereocenters. The van der Waals surface area contributed by atoms with E-state index in [1.54, 1.807) is 42.6 Å². The van der Waals surface area contributed by atoms with Crippen molar-refractivity contribution in [3.63, 3.8) is 0 Å². The molecule has 0 aliphatic heterocycles. The number of phenolic OH excluding ortho intramolecular Hbond substituents is 1. The average molecular weight is 331 g/mol. The maximum absolute atomic E-state index is 11.8. The predicted molar refractivity (Wildman–Crippen MR) is 103 cm³/mol. The molecule has 0 fully saturated rings. The molecule has 0 bridgehead atoms. The number of nitrogens with one attached hydrogen (secondary N) is 1. The molecule has 0 saturated heterocycles. The average Bonchev–Trinajstić information content (AvgIpc) is 2.59. The largest absolute Gasteiger partial charge is 0.507 e. The van der Waals surface area contributed by atoms with Crippen molar-refractivity contribution in [2.75, 3.05) is 0 Å². The molecule has 1 aromatic carbocycles. The van der Waals surface area contributed by atoms with Crippen LogP contribution in [0.1, 0.15) is 42.5 Å². The van der Waals surface area contributed by atoms with E-state index in [-0.39, 0.29) is 31.7 Å². The molecule has 5 heteroatoms. The number of aromatic hydroxyl groups is 1. The number of hydrogen-bond donors (Lipinski definition) is 2. The summed E-state index contributed by atoms with van der Waals surface area (Å²) in [5.74, 6) is 0.405. The lowest BCUT2D eigenvalue weighted by Gasteiger charge is -2.04. The number of rotatable bonds is 1. The van der Waals surface area contributed by atoms with Crippen LogP contribution in [0.4, 0.5) is 0 Å². The number of H-pyrrole nitrogens is 1. The van der Waals surface area contributed by atoms with E-state index >= 15 is 0 Å². The van der Waals surface area contributed by atoms with Gasteiger partial charge in [0.25, 0.3) is 5.56 Å². The molecule has 0 aliphatic rings. The van der Waals surface area contributed by atoms with Crippen molar-refractivity contribution in [3.8, 4) is 17.1 Å². The van der Waals surface area contributed by atoms with E-state index in [9.17, 15) is 9.90 Å². The molecule has 0 spiro atoms. The van der Waals surface area contributed by atoms with Gasteiger partial charge in [0.2, 0.25) is 0 Å². The van der Waals surface area contributed by atoms with Crippen LogP contribution in [0, 0.1) is 0 Å². The minimum absolute atomic E-state index is 0. The number of para-hydroxylation sites is 1. The van der Waals surface area contributed by atoms with Crippen LogP contribution in [-0.2, 0) is 0 Å². The summed E-state index contributed by atoms with van der Waals surface area (Å²) < 4.78 is 0. The van der Waals surface area contributed by atoms with Crippen LogP contribution in [0.5, 0.6) is 5.75 Å². The summed E-state index contributed by atoms with van der Waals surface area (Å²) in [6, 6.07) is 10.1. The van der Waals surface area contributed by atoms with E-state index in [1.165, 1.54) is 0 Å². The molecule has 0 aliphatic carbocycles. The fourth-order valence-electron chi connectivity index (χ4n) is 1.78. The number of aromatic amines is 1. The first-order chi connectivity index (χ1) is 10.8. The second-order valence-corrected chi connectivity index (χ2v) is 3.80. The fraction of sp³-hybridized carbons (Fsp3) is 0.316. The number of phenols is 1. The van der Waals surface area contributed by atoms with Crippen molar-refractivity contribution >= 4 is 11.0 Å². The van der Waals surface area contributed by atoms with Gasteiger partial charge in [-0.3, -0.25) is 4.79 Å². The van der Waals surface area contributed by atoms with E-state index in [0.29, 0.717) is 16.9 Å². The van der Waals surface area contributed by atoms with Crippen LogP contribution in [0.2, 0.25) is 0 Å². The molecule has 2 aromatic heterocycles. The molecule has 132 valence electrons. The van der Waals surface area contributed by atoms with Crippen molar-refractivity contribution in [2.24, 2.45) is 0 Å². The van der Waals surface area contributed by atoms with Gasteiger partial charge < -0.3 is 10.1 Å². The molecule has 5 nitrogen and oxygen atoms in total. The van der Waals surface area contributed by atoms with Crippen LogP contribution < -0.4 is 5.56 Å². The summed E-state index contributed by atoms with van der Waals surface area (Å²) in [4.78, 5) is 22.7. The van der Waals surface area contributed by atoms with Crippen molar-refractivity contribution in [2.45, 2.75) is 42.5 Å². The topological polar surface area (TPSA) is 78.9 Å². The van der Waals surface area contributed by atoms with Gasteiger partial charge >= 0.3 is 0 Å². The summed E-state index contributed by atoms with van der Waals surface area (Å²) in [6.45, 7) is 8.00. The molecular weight excluding hydrogens is 302 g/mol. The lowest BCUT2D eigenvalue weighted by Crippen LogP contribution is -2.10. The van der Waals surface area contributed by atoms with Gasteiger partial charge in [-0.1, -0.05) is 54.7 Å². The van der Waals surface area contributed by atoms with E-state index in [4.69, 9.17) is 0 Å². The monoisotopic (exact) mass is 331 g/mol. The van der Waals surface area contributed by atoms with Crippen LogP contribution in [0.25, 0.3) is 22.4 Å². The Hall–Kier alpha value is -2.69. The first kappa shape index (κ1) is 23.6. The minimum atomic E-state index is -0.321. The van der Waals surface area contributed by atoms with Gasteiger partial charge in [0.1, 0.15) is 11.6 Å². The minimum Gasteiger partial charge on any atom is -0.507 e. The number of hydrogen-bond acceptors (Lipinski definition) is 4. The Labute approximate surface area is 144 Å². The molecular formula is C19H29N3O2. The highest BCUT2D eigenvalue weighted by Crippen LogP contribution is 2.25. The molecule has 0 atom stereocenters. The van der Waals surface area contributed by atoms with Crippen LogP contribution in [0.3, 0.4) is 0 Å². The fourth-order valence-corrected chi connectivity index (χ4v) is 1.78. The first-order valence-electron chi connectivity index (χ1n) is 7.39. The van der Waals surface area contributed by atoms with Gasteiger partial charge in [0, 0.05) is 6.20 Å². The van der Waals surface area contributed by atoms with Crippen LogP contribution in [-0.4, -0.2) is 20.1 Å². The molecule has 0 amide bonds. The Morgan fingerprint density at radius 1 is 0.958 bits per heavy atom. The molecule has 24 heavy (non-hydrogen) atoms. The van der Waals surface area contributed by atoms with E-state index < -0.39 is 0 Å². The van der Waals surface area contributed by atoms with Gasteiger partial charge in [-0.2, -0.15) is 0 Å². The van der Waals surface area contributed by atoms with Gasteiger partial charge in [-0.05, 0) is 24.3 Å². The van der Waals surface area contributed by atoms with E-state index in [0.717, 1.165) is 0 Å². The van der Waals surface area contributed by atoms with E-state index in [1.807, 2.05) is 27.7 Å². The lowest BCUT2D eigenvalue weighted by molar-refractivity contribution is 0.477. The number of nitrogens with zero attached hydrogens (tertiary/aromatic N) is 2. The molecule has 0 radical (unpaired) electrons. The molecule has 0 saturated carbocycles. The number of aromatic nitrogens is 3. The van der Waals surface area contributed by atoms with Crippen molar-refractivity contribution in [1.82, 2.24) is 15.0 Å². The number of fused-ring (bicyclic) bond motifs is 1. The molecule has 2 N–H and O–H groups in total. The lowest BCUT2D eigenvalue weighted by atomic mass is 10.2. The highest BCUT2D eigenvalue weighted by Gasteiger charge is 2.09. The smallest absolute Gasteiger partial charge is 0.277 e. The zero-order valence-corrected chi connectivity index (χ0v) is 13.3. The molecule has 3 aromatic rings. The maximum atomic E-state index is 11.8. The Kier molecular flexibility index (Phi) is 11.6. The van der Waals surface area contributed by atoms with Crippen molar-refractivity contribution < 1.29 is 5.11 Å². The van der Waals surface area contributed by atoms with Gasteiger partial charge in [-0.15, -0.1) is 0 Å². The third-order valence-corrected chi connectivity index (χ3v) is 2.62. The Morgan fingerprint density at radius 3 is 2.21 bits per heavy atom. The highest BCUT2D eigenvalue weighted by molar-refractivity contribution is 5.76. The third-order valence-electron chi connectivity index (χ3n) is 2.62. The molecule has 2 heterocycles. The first-order valence-corrected chi connectivity index (χ1v) is 7.39. The van der Waals surface area contributed by atoms with Gasteiger partial charge in [-0.25, -0.2) is 9.97 Å². The number of benzene rings is 1. The second-order valence-electron chi connectivity index (χ2n) is 3.80. The normalized spacial score (nSPS) is 8.50. The zero-order valence-electron chi connectivity index (χ0n) is 13.3. The van der Waals surface area contributed by atoms with Gasteiger partial charge in [0.15, 0.2) is 5.52 Å². The molecule has 3 rings (SSSR count). The van der Waals surface area contributed by atoms with Crippen LogP contribution >= 0.6 is 0 Å². The standard InChI is InChI=1S/C13H9N3O2.2C2H6.2CH4/c17-10-6-2-1-4-8(10)12-15-9-5-3-7-14-11(9)13(18)16-12;2*1-2;;/h1-7,17H,(H,15,16,18);2*1-2H3;2*1H4. The summed E-state index contributed by atoms with van der Waals surface area (Å²) in [5.41, 5.74) is 0.954. The van der Waals surface area contributed by atoms with Crippen molar-refractivity contribution in [1.29, 1.82) is 0 Å². The highest BCUT2D eigenvalue weighted by atomic mass is 16.3. The Bertz CT molecular complexity index is 783. The SMILES string of the molecule is C.C.CC.CC.O=c1[nH]c(-c2ccccc2O)nc2cccnc12. The number of pyridine rings is 1. The summed E-state index contributed by atoms with van der Waals surface area (Å²) in [6.07, 6.45) is 1.54. The zero-order chi connectivity index (χ0) is 16.5. The summed E-state index contributed by atoms with van der Waals surface area (Å²) in [5, 5.41) is 9.75. The summed E-state index contributed by atoms with van der Waals surface area (Å²) in [7, 11) is 0. The Balaban J connectivity index is 0. The van der Waals surface area contributed by atoms with E-state index in [2.05, 4.69) is 15.0 Å².